The van der Waals surface area contributed by atoms with E-state index in [9.17, 15) is 10.1 Å². The third-order valence-corrected chi connectivity index (χ3v) is 2.74. The number of nitrogens with one attached hydrogen (secondary N) is 1. The zero-order valence-electron chi connectivity index (χ0n) is 10.9. The smallest absolute Gasteiger partial charge is 0.272 e. The summed E-state index contributed by atoms with van der Waals surface area (Å²) in [5.74, 6) is 6.37. The van der Waals surface area contributed by atoms with Crippen LogP contribution in [0.3, 0.4) is 0 Å². The van der Waals surface area contributed by atoms with Crippen molar-refractivity contribution >= 4 is 11.5 Å². The lowest BCUT2D eigenvalue weighted by Gasteiger charge is -2.07. The summed E-state index contributed by atoms with van der Waals surface area (Å²) in [6.07, 6.45) is 1.65. The SMILES string of the molecule is Cc1cc(OCc2ccc(NN)nc2)ccc1[N+](=O)[O-]. The molecule has 20 heavy (non-hydrogen) atoms. The average molecular weight is 274 g/mol. The maximum Gasteiger partial charge on any atom is 0.272 e. The second-order valence-electron chi connectivity index (χ2n) is 4.19. The molecule has 0 fully saturated rings. The van der Waals surface area contributed by atoms with Crippen LogP contribution in [0.25, 0.3) is 0 Å². The van der Waals surface area contributed by atoms with Crippen LogP contribution in [0, 0.1) is 17.0 Å². The molecule has 0 unspecified atom stereocenters. The molecule has 0 saturated carbocycles. The number of aryl methyl sites for hydroxylation is 1. The second kappa shape index (κ2) is 5.98. The number of hydrazine groups is 1. The van der Waals surface area contributed by atoms with Crippen molar-refractivity contribution in [1.29, 1.82) is 0 Å². The van der Waals surface area contributed by atoms with Crippen LogP contribution in [0.2, 0.25) is 0 Å². The molecule has 1 heterocycles. The van der Waals surface area contributed by atoms with E-state index >= 15 is 0 Å². The first kappa shape index (κ1) is 13.8. The third kappa shape index (κ3) is 3.21. The minimum absolute atomic E-state index is 0.0809. The standard InChI is InChI=1S/C13H14N4O3/c1-9-6-11(3-4-12(9)17(18)19)20-8-10-2-5-13(16-14)15-7-10/h2-7H,8,14H2,1H3,(H,15,16). The summed E-state index contributed by atoms with van der Waals surface area (Å²) < 4.78 is 5.57. The van der Waals surface area contributed by atoms with E-state index in [1.807, 2.05) is 6.07 Å². The van der Waals surface area contributed by atoms with Crippen molar-refractivity contribution in [1.82, 2.24) is 4.98 Å². The van der Waals surface area contributed by atoms with E-state index in [0.29, 0.717) is 23.7 Å². The lowest BCUT2D eigenvalue weighted by molar-refractivity contribution is -0.385. The Kier molecular flexibility index (Phi) is 4.11. The molecular weight excluding hydrogens is 260 g/mol. The lowest BCUT2D eigenvalue weighted by Crippen LogP contribution is -2.08. The molecule has 0 aliphatic heterocycles. The fraction of sp³-hybridized carbons (Fsp3) is 0.154. The highest BCUT2D eigenvalue weighted by atomic mass is 16.6. The second-order valence-corrected chi connectivity index (χ2v) is 4.19. The van der Waals surface area contributed by atoms with Gasteiger partial charge in [0, 0.05) is 23.4 Å². The Hall–Kier alpha value is -2.67. The molecule has 7 nitrogen and oxygen atoms in total. The maximum absolute atomic E-state index is 10.7. The van der Waals surface area contributed by atoms with E-state index in [0.717, 1.165) is 5.56 Å². The van der Waals surface area contributed by atoms with Gasteiger partial charge in [0.1, 0.15) is 18.2 Å². The molecule has 1 aromatic heterocycles. The fourth-order valence-electron chi connectivity index (χ4n) is 1.68. The van der Waals surface area contributed by atoms with Gasteiger partial charge in [-0.1, -0.05) is 6.07 Å². The van der Waals surface area contributed by atoms with E-state index in [1.165, 1.54) is 6.07 Å². The molecule has 0 aliphatic carbocycles. The molecule has 0 saturated heterocycles. The third-order valence-electron chi connectivity index (χ3n) is 2.74. The predicted molar refractivity (Wildman–Crippen MR) is 74.2 cm³/mol. The maximum atomic E-state index is 10.7. The quantitative estimate of drug-likeness (QED) is 0.492. The van der Waals surface area contributed by atoms with Crippen molar-refractivity contribution in [2.45, 2.75) is 13.5 Å². The monoisotopic (exact) mass is 274 g/mol. The summed E-state index contributed by atoms with van der Waals surface area (Å²) in [7, 11) is 0. The molecule has 0 atom stereocenters. The number of ether oxygens (including phenoxy) is 1. The number of nitro benzene ring substituents is 1. The Morgan fingerprint density at radius 1 is 1.40 bits per heavy atom. The highest BCUT2D eigenvalue weighted by Crippen LogP contribution is 2.23. The van der Waals surface area contributed by atoms with E-state index in [4.69, 9.17) is 10.6 Å². The van der Waals surface area contributed by atoms with Gasteiger partial charge in [-0.2, -0.15) is 0 Å². The molecule has 0 bridgehead atoms. The van der Waals surface area contributed by atoms with Crippen molar-refractivity contribution in [2.75, 3.05) is 5.43 Å². The summed E-state index contributed by atoms with van der Waals surface area (Å²) >= 11 is 0. The van der Waals surface area contributed by atoms with Crippen molar-refractivity contribution < 1.29 is 9.66 Å². The Morgan fingerprint density at radius 3 is 2.75 bits per heavy atom. The molecule has 7 heteroatoms. The fourth-order valence-corrected chi connectivity index (χ4v) is 1.68. The van der Waals surface area contributed by atoms with Gasteiger partial charge in [-0.25, -0.2) is 10.8 Å². The van der Waals surface area contributed by atoms with Crippen molar-refractivity contribution in [3.8, 4) is 5.75 Å². The molecule has 0 radical (unpaired) electrons. The van der Waals surface area contributed by atoms with E-state index in [2.05, 4.69) is 10.4 Å². The van der Waals surface area contributed by atoms with Gasteiger partial charge in [-0.05, 0) is 25.1 Å². The zero-order valence-corrected chi connectivity index (χ0v) is 10.9. The van der Waals surface area contributed by atoms with Crippen LogP contribution in [-0.2, 0) is 6.61 Å². The van der Waals surface area contributed by atoms with E-state index < -0.39 is 4.92 Å². The number of rotatable bonds is 5. The van der Waals surface area contributed by atoms with E-state index in [1.54, 1.807) is 31.3 Å². The number of anilines is 1. The van der Waals surface area contributed by atoms with Crippen molar-refractivity contribution in [2.24, 2.45) is 5.84 Å². The Morgan fingerprint density at radius 2 is 2.20 bits per heavy atom. The molecule has 104 valence electrons. The van der Waals surface area contributed by atoms with Gasteiger partial charge in [-0.3, -0.25) is 10.1 Å². The van der Waals surface area contributed by atoms with Crippen LogP contribution in [-0.4, -0.2) is 9.91 Å². The first-order valence-electron chi connectivity index (χ1n) is 5.89. The number of nitro groups is 1. The molecule has 0 amide bonds. The van der Waals surface area contributed by atoms with Crippen LogP contribution in [0.5, 0.6) is 5.75 Å². The minimum Gasteiger partial charge on any atom is -0.489 e. The van der Waals surface area contributed by atoms with Gasteiger partial charge < -0.3 is 10.2 Å². The minimum atomic E-state index is -0.415. The molecule has 3 N–H and O–H groups in total. The number of pyridine rings is 1. The predicted octanol–water partition coefficient (Wildman–Crippen LogP) is 2.16. The number of aromatic nitrogens is 1. The Balaban J connectivity index is 2.03. The summed E-state index contributed by atoms with van der Waals surface area (Å²) in [4.78, 5) is 14.4. The number of nitrogen functional groups attached to an aromatic ring is 1. The largest absolute Gasteiger partial charge is 0.489 e. The summed E-state index contributed by atoms with van der Waals surface area (Å²) in [5.41, 5.74) is 3.96. The van der Waals surface area contributed by atoms with Crippen LogP contribution < -0.4 is 16.0 Å². The zero-order chi connectivity index (χ0) is 14.5. The number of hydrogen-bond donors (Lipinski definition) is 2. The van der Waals surface area contributed by atoms with Crippen molar-refractivity contribution in [3.63, 3.8) is 0 Å². The molecule has 1 aromatic carbocycles. The Bertz CT molecular complexity index is 614. The normalized spacial score (nSPS) is 10.1. The number of nitrogens with two attached hydrogens (primary N) is 1. The first-order chi connectivity index (χ1) is 9.60. The van der Waals surface area contributed by atoms with Gasteiger partial charge in [0.2, 0.25) is 0 Å². The molecule has 0 aliphatic rings. The van der Waals surface area contributed by atoms with Gasteiger partial charge in [0.25, 0.3) is 5.69 Å². The number of benzene rings is 1. The topological polar surface area (TPSA) is 103 Å². The molecule has 0 spiro atoms. The number of hydrogen-bond acceptors (Lipinski definition) is 6. The van der Waals surface area contributed by atoms with Crippen LogP contribution in [0.1, 0.15) is 11.1 Å². The molecule has 2 rings (SSSR count). The summed E-state index contributed by atoms with van der Waals surface area (Å²) in [5, 5.41) is 10.7. The lowest BCUT2D eigenvalue weighted by atomic mass is 10.2. The van der Waals surface area contributed by atoms with Gasteiger partial charge in [-0.15, -0.1) is 0 Å². The summed E-state index contributed by atoms with van der Waals surface area (Å²) in [6.45, 7) is 2.00. The average Bonchev–Trinajstić information content (AvgIpc) is 2.45. The van der Waals surface area contributed by atoms with Crippen LogP contribution in [0.15, 0.2) is 36.5 Å². The molecule has 2 aromatic rings. The molecular formula is C13H14N4O3. The number of nitrogens with zero attached hydrogens (tertiary/aromatic N) is 2. The van der Waals surface area contributed by atoms with Crippen LogP contribution in [0.4, 0.5) is 11.5 Å². The van der Waals surface area contributed by atoms with Gasteiger partial charge >= 0.3 is 0 Å². The van der Waals surface area contributed by atoms with Crippen LogP contribution >= 0.6 is 0 Å². The highest BCUT2D eigenvalue weighted by molar-refractivity contribution is 5.44. The summed E-state index contributed by atoms with van der Waals surface area (Å²) in [6, 6.07) is 8.22. The Labute approximate surface area is 115 Å². The van der Waals surface area contributed by atoms with E-state index in [-0.39, 0.29) is 5.69 Å². The van der Waals surface area contributed by atoms with Crippen molar-refractivity contribution in [3.05, 3.63) is 57.8 Å². The van der Waals surface area contributed by atoms with Gasteiger partial charge in [0.15, 0.2) is 0 Å². The first-order valence-corrected chi connectivity index (χ1v) is 5.89. The highest BCUT2D eigenvalue weighted by Gasteiger charge is 2.10. The van der Waals surface area contributed by atoms with Gasteiger partial charge in [0.05, 0.1) is 4.92 Å².